The number of carboxylic acid groups (broad SMARTS) is 1. The van der Waals surface area contributed by atoms with Crippen LogP contribution in [0.2, 0.25) is 0 Å². The van der Waals surface area contributed by atoms with Crippen LogP contribution in [-0.2, 0) is 16.1 Å². The summed E-state index contributed by atoms with van der Waals surface area (Å²) in [4.78, 5) is 10.5. The molecular formula is C25H27NO5. The third-order valence-corrected chi connectivity index (χ3v) is 5.43. The lowest BCUT2D eigenvalue weighted by atomic mass is 9.94. The summed E-state index contributed by atoms with van der Waals surface area (Å²) < 4.78 is 17.8. The Hall–Kier alpha value is -3.09. The number of amides is 1. The van der Waals surface area contributed by atoms with Crippen molar-refractivity contribution in [2.75, 3.05) is 19.8 Å². The maximum Gasteiger partial charge on any atom is 0.404 e. The van der Waals surface area contributed by atoms with Crippen LogP contribution >= 0.6 is 0 Å². The zero-order chi connectivity index (χ0) is 21.5. The van der Waals surface area contributed by atoms with Gasteiger partial charge in [0.2, 0.25) is 0 Å². The van der Waals surface area contributed by atoms with E-state index in [1.54, 1.807) is 0 Å². The third-order valence-electron chi connectivity index (χ3n) is 5.43. The van der Waals surface area contributed by atoms with Gasteiger partial charge in [-0.05, 0) is 40.5 Å². The van der Waals surface area contributed by atoms with Crippen LogP contribution in [-0.4, -0.2) is 37.2 Å². The van der Waals surface area contributed by atoms with Gasteiger partial charge in [-0.25, -0.2) is 4.79 Å². The van der Waals surface area contributed by atoms with Crippen LogP contribution in [0.1, 0.15) is 29.9 Å². The summed E-state index contributed by atoms with van der Waals surface area (Å²) in [6.45, 7) is 2.12. The SMILES string of the molecule is O=C(O)NCCC[C@H]1OC[C@H](c2cccc3cc(OCc4ccccc4)ccc32)CO1. The van der Waals surface area contributed by atoms with E-state index in [-0.39, 0.29) is 12.2 Å². The highest BCUT2D eigenvalue weighted by Gasteiger charge is 2.24. The maximum atomic E-state index is 10.5. The molecule has 1 heterocycles. The van der Waals surface area contributed by atoms with Crippen LogP contribution in [0.25, 0.3) is 10.8 Å². The van der Waals surface area contributed by atoms with Gasteiger partial charge in [-0.15, -0.1) is 0 Å². The molecular weight excluding hydrogens is 394 g/mol. The summed E-state index contributed by atoms with van der Waals surface area (Å²) in [5.74, 6) is 1.01. The Morgan fingerprint density at radius 1 is 1.03 bits per heavy atom. The summed E-state index contributed by atoms with van der Waals surface area (Å²) in [6.07, 6.45) is 0.0710. The second kappa shape index (κ2) is 10.3. The number of benzene rings is 3. The van der Waals surface area contributed by atoms with Crippen molar-refractivity contribution in [1.82, 2.24) is 5.32 Å². The van der Waals surface area contributed by atoms with Crippen molar-refractivity contribution in [2.24, 2.45) is 0 Å². The monoisotopic (exact) mass is 421 g/mol. The minimum Gasteiger partial charge on any atom is -0.489 e. The van der Waals surface area contributed by atoms with Gasteiger partial charge < -0.3 is 24.6 Å². The average Bonchev–Trinajstić information content (AvgIpc) is 2.81. The first-order chi connectivity index (χ1) is 15.2. The van der Waals surface area contributed by atoms with Crippen LogP contribution in [0.5, 0.6) is 5.75 Å². The summed E-state index contributed by atoms with van der Waals surface area (Å²) in [6, 6.07) is 22.6. The van der Waals surface area contributed by atoms with Gasteiger partial charge in [0, 0.05) is 18.9 Å². The fraction of sp³-hybridized carbons (Fsp3) is 0.320. The van der Waals surface area contributed by atoms with E-state index in [0.29, 0.717) is 39.2 Å². The van der Waals surface area contributed by atoms with E-state index >= 15 is 0 Å². The molecule has 6 nitrogen and oxygen atoms in total. The Kier molecular flexibility index (Phi) is 7.02. The normalized spacial score (nSPS) is 18.6. The number of nitrogens with one attached hydrogen (secondary N) is 1. The molecule has 1 amide bonds. The number of fused-ring (bicyclic) bond motifs is 1. The molecule has 0 bridgehead atoms. The molecule has 1 fully saturated rings. The van der Waals surface area contributed by atoms with Crippen molar-refractivity contribution >= 4 is 16.9 Å². The predicted octanol–water partition coefficient (Wildman–Crippen LogP) is 4.92. The molecule has 0 aliphatic carbocycles. The van der Waals surface area contributed by atoms with Gasteiger partial charge in [0.25, 0.3) is 0 Å². The lowest BCUT2D eigenvalue weighted by molar-refractivity contribution is -0.189. The van der Waals surface area contributed by atoms with Gasteiger partial charge in [-0.1, -0.05) is 54.6 Å². The van der Waals surface area contributed by atoms with E-state index in [0.717, 1.165) is 16.7 Å². The third kappa shape index (κ3) is 5.75. The minimum atomic E-state index is -1.00. The topological polar surface area (TPSA) is 77.0 Å². The van der Waals surface area contributed by atoms with Crippen LogP contribution in [0.4, 0.5) is 4.79 Å². The van der Waals surface area contributed by atoms with Crippen molar-refractivity contribution < 1.29 is 24.1 Å². The fourth-order valence-electron chi connectivity index (χ4n) is 3.83. The van der Waals surface area contributed by atoms with E-state index in [2.05, 4.69) is 47.8 Å². The maximum absolute atomic E-state index is 10.5. The van der Waals surface area contributed by atoms with E-state index in [9.17, 15) is 4.79 Å². The van der Waals surface area contributed by atoms with Crippen molar-refractivity contribution in [3.63, 3.8) is 0 Å². The molecule has 162 valence electrons. The van der Waals surface area contributed by atoms with E-state index < -0.39 is 6.09 Å². The number of hydrogen-bond acceptors (Lipinski definition) is 4. The molecule has 2 N–H and O–H groups in total. The molecule has 1 aliphatic heterocycles. The van der Waals surface area contributed by atoms with Crippen LogP contribution in [0.3, 0.4) is 0 Å². The zero-order valence-electron chi connectivity index (χ0n) is 17.3. The molecule has 1 saturated heterocycles. The zero-order valence-corrected chi connectivity index (χ0v) is 17.3. The van der Waals surface area contributed by atoms with Gasteiger partial charge in [-0.2, -0.15) is 0 Å². The molecule has 1 aliphatic rings. The Bertz CT molecular complexity index is 999. The quantitative estimate of drug-likeness (QED) is 0.505. The van der Waals surface area contributed by atoms with Crippen molar-refractivity contribution in [3.05, 3.63) is 77.9 Å². The highest BCUT2D eigenvalue weighted by Crippen LogP contribution is 2.31. The first-order valence-corrected chi connectivity index (χ1v) is 10.6. The molecule has 0 unspecified atom stereocenters. The summed E-state index contributed by atoms with van der Waals surface area (Å²) in [5, 5.41) is 13.3. The highest BCUT2D eigenvalue weighted by molar-refractivity contribution is 5.87. The Balaban J connectivity index is 1.36. The Morgan fingerprint density at radius 2 is 1.84 bits per heavy atom. The van der Waals surface area contributed by atoms with Gasteiger partial charge >= 0.3 is 6.09 Å². The molecule has 0 saturated carbocycles. The van der Waals surface area contributed by atoms with Crippen molar-refractivity contribution in [2.45, 2.75) is 31.7 Å². The molecule has 0 spiro atoms. The van der Waals surface area contributed by atoms with E-state index in [4.69, 9.17) is 19.3 Å². The molecule has 0 atom stereocenters. The minimum absolute atomic E-state index is 0.160. The van der Waals surface area contributed by atoms with Gasteiger partial charge in [0.1, 0.15) is 12.4 Å². The largest absolute Gasteiger partial charge is 0.489 e. The number of ether oxygens (including phenoxy) is 3. The van der Waals surface area contributed by atoms with Crippen LogP contribution in [0, 0.1) is 0 Å². The summed E-state index contributed by atoms with van der Waals surface area (Å²) >= 11 is 0. The summed E-state index contributed by atoms with van der Waals surface area (Å²) in [7, 11) is 0. The molecule has 0 aromatic heterocycles. The first kappa shape index (κ1) is 21.2. The average molecular weight is 421 g/mol. The molecule has 3 aromatic carbocycles. The fourth-order valence-corrected chi connectivity index (χ4v) is 3.83. The smallest absolute Gasteiger partial charge is 0.404 e. The van der Waals surface area contributed by atoms with Crippen molar-refractivity contribution in [1.29, 1.82) is 0 Å². The van der Waals surface area contributed by atoms with E-state index in [1.165, 1.54) is 10.9 Å². The van der Waals surface area contributed by atoms with Gasteiger partial charge in [0.15, 0.2) is 6.29 Å². The van der Waals surface area contributed by atoms with Gasteiger partial charge in [-0.3, -0.25) is 0 Å². The Morgan fingerprint density at radius 3 is 2.61 bits per heavy atom. The predicted molar refractivity (Wildman–Crippen MR) is 118 cm³/mol. The first-order valence-electron chi connectivity index (χ1n) is 10.6. The standard InChI is InChI=1S/C25H27NO5/c27-25(28)26-13-5-10-24-30-16-20(17-31-24)22-9-4-8-19-14-21(11-12-23(19)22)29-15-18-6-2-1-3-7-18/h1-4,6-9,11-12,14,20,24,26H,5,10,13,15-17H2,(H,27,28)/t20-,24-. The second-order valence-corrected chi connectivity index (χ2v) is 7.67. The molecule has 4 rings (SSSR count). The van der Waals surface area contributed by atoms with Crippen LogP contribution in [0.15, 0.2) is 66.7 Å². The Labute approximate surface area is 181 Å². The molecule has 6 heteroatoms. The number of rotatable bonds is 8. The molecule has 3 aromatic rings. The lowest BCUT2D eigenvalue weighted by Gasteiger charge is -2.30. The van der Waals surface area contributed by atoms with Crippen LogP contribution < -0.4 is 10.1 Å². The van der Waals surface area contributed by atoms with Crippen molar-refractivity contribution in [3.8, 4) is 5.75 Å². The number of carbonyl (C=O) groups is 1. The second-order valence-electron chi connectivity index (χ2n) is 7.67. The lowest BCUT2D eigenvalue weighted by Crippen LogP contribution is -2.32. The highest BCUT2D eigenvalue weighted by atomic mass is 16.7. The van der Waals surface area contributed by atoms with Gasteiger partial charge in [0.05, 0.1) is 13.2 Å². The molecule has 0 radical (unpaired) electrons. The van der Waals surface area contributed by atoms with E-state index in [1.807, 2.05) is 24.3 Å². The summed E-state index contributed by atoms with van der Waals surface area (Å²) in [5.41, 5.74) is 2.35. The number of hydrogen-bond donors (Lipinski definition) is 2. The molecule has 31 heavy (non-hydrogen) atoms.